The van der Waals surface area contributed by atoms with E-state index in [4.69, 9.17) is 23.8 Å². The average molecular weight is 199 g/mol. The van der Waals surface area contributed by atoms with Gasteiger partial charge in [0.2, 0.25) is 0 Å². The lowest BCUT2D eigenvalue weighted by Crippen LogP contribution is -1.91. The molecule has 0 heterocycles. The van der Waals surface area contributed by atoms with Gasteiger partial charge in [-0.3, -0.25) is 0 Å². The molecule has 0 aliphatic rings. The molecular weight excluding hydrogens is 188 g/mol. The fourth-order valence-corrected chi connectivity index (χ4v) is 1.37. The highest BCUT2D eigenvalue weighted by molar-refractivity contribution is 7.83. The van der Waals surface area contributed by atoms with Crippen LogP contribution in [0, 0.1) is 0 Å². The maximum absolute atomic E-state index is 5.62. The second-order valence-electron chi connectivity index (χ2n) is 2.70. The van der Waals surface area contributed by atoms with Crippen molar-refractivity contribution in [3.05, 3.63) is 35.4 Å². The summed E-state index contributed by atoms with van der Waals surface area (Å²) in [5.41, 5.74) is 2.53. The number of rotatable bonds is 3. The first-order valence-corrected chi connectivity index (χ1v) is 4.77. The standard InChI is InChI=1S/C10H11ClS/c1-2-8-3-5-9(6-4-8)7-10(11)12/h3-6H,2,7H2,1H3. The fraction of sp³-hybridized carbons (Fsp3) is 0.300. The summed E-state index contributed by atoms with van der Waals surface area (Å²) in [7, 11) is 0. The van der Waals surface area contributed by atoms with Crippen molar-refractivity contribution in [2.45, 2.75) is 19.8 Å². The van der Waals surface area contributed by atoms with E-state index in [2.05, 4.69) is 31.2 Å². The van der Waals surface area contributed by atoms with Crippen LogP contribution in [0.3, 0.4) is 0 Å². The summed E-state index contributed by atoms with van der Waals surface area (Å²) in [5.74, 6) is 0. The number of benzene rings is 1. The van der Waals surface area contributed by atoms with Gasteiger partial charge in [-0.05, 0) is 17.5 Å². The predicted molar refractivity (Wildman–Crippen MR) is 58.0 cm³/mol. The lowest BCUT2D eigenvalue weighted by molar-refractivity contribution is 1.13. The summed E-state index contributed by atoms with van der Waals surface area (Å²) in [6, 6.07) is 8.38. The molecule has 0 aliphatic carbocycles. The van der Waals surface area contributed by atoms with Gasteiger partial charge in [0.15, 0.2) is 0 Å². The van der Waals surface area contributed by atoms with Crippen LogP contribution in [-0.2, 0) is 12.8 Å². The molecule has 0 nitrogen and oxygen atoms in total. The zero-order chi connectivity index (χ0) is 8.97. The van der Waals surface area contributed by atoms with Crippen LogP contribution in [0.2, 0.25) is 0 Å². The zero-order valence-corrected chi connectivity index (χ0v) is 8.58. The summed E-state index contributed by atoms with van der Waals surface area (Å²) in [6.07, 6.45) is 1.77. The molecule has 0 bridgehead atoms. The quantitative estimate of drug-likeness (QED) is 0.530. The summed E-state index contributed by atoms with van der Waals surface area (Å²) < 4.78 is 0.527. The molecule has 0 aliphatic heterocycles. The van der Waals surface area contributed by atoms with Crippen LogP contribution < -0.4 is 0 Å². The molecule has 1 aromatic rings. The summed E-state index contributed by atoms with van der Waals surface area (Å²) in [4.78, 5) is 0. The molecule has 0 N–H and O–H groups in total. The van der Waals surface area contributed by atoms with E-state index in [-0.39, 0.29) is 0 Å². The van der Waals surface area contributed by atoms with Crippen molar-refractivity contribution in [1.82, 2.24) is 0 Å². The fourth-order valence-electron chi connectivity index (χ4n) is 1.05. The molecule has 0 aromatic heterocycles. The summed E-state index contributed by atoms with van der Waals surface area (Å²) >= 11 is 10.4. The van der Waals surface area contributed by atoms with Crippen molar-refractivity contribution in [1.29, 1.82) is 0 Å². The van der Waals surface area contributed by atoms with Gasteiger partial charge in [-0.2, -0.15) is 0 Å². The smallest absolute Gasteiger partial charge is 0.0761 e. The minimum atomic E-state index is 0.527. The minimum absolute atomic E-state index is 0.527. The van der Waals surface area contributed by atoms with Crippen molar-refractivity contribution in [2.75, 3.05) is 0 Å². The molecule has 0 unspecified atom stereocenters. The molecule has 0 radical (unpaired) electrons. The van der Waals surface area contributed by atoms with E-state index in [0.29, 0.717) is 10.7 Å². The van der Waals surface area contributed by atoms with Gasteiger partial charge < -0.3 is 0 Å². The SMILES string of the molecule is CCc1ccc(CC(=S)Cl)cc1. The summed E-state index contributed by atoms with van der Waals surface area (Å²) in [6.45, 7) is 2.14. The number of thiocarbonyl (C=S) groups is 1. The third-order valence-corrected chi connectivity index (χ3v) is 2.05. The van der Waals surface area contributed by atoms with Crippen molar-refractivity contribution in [3.8, 4) is 0 Å². The maximum Gasteiger partial charge on any atom is 0.0852 e. The highest BCUT2D eigenvalue weighted by Crippen LogP contribution is 2.07. The van der Waals surface area contributed by atoms with Gasteiger partial charge >= 0.3 is 0 Å². The second kappa shape index (κ2) is 4.58. The van der Waals surface area contributed by atoms with E-state index in [1.807, 2.05) is 0 Å². The van der Waals surface area contributed by atoms with Gasteiger partial charge in [-0.15, -0.1) is 0 Å². The maximum atomic E-state index is 5.62. The lowest BCUT2D eigenvalue weighted by Gasteiger charge is -1.99. The Hall–Kier alpha value is -0.400. The van der Waals surface area contributed by atoms with Crippen LogP contribution in [0.5, 0.6) is 0 Å². The van der Waals surface area contributed by atoms with Crippen LogP contribution in [0.1, 0.15) is 18.1 Å². The first-order chi connectivity index (χ1) is 5.72. The van der Waals surface area contributed by atoms with Gasteiger partial charge in [0, 0.05) is 6.42 Å². The summed E-state index contributed by atoms with van der Waals surface area (Å²) in [5, 5.41) is 0. The Morgan fingerprint density at radius 2 is 1.75 bits per heavy atom. The van der Waals surface area contributed by atoms with Crippen LogP contribution in [0.25, 0.3) is 0 Å². The molecule has 0 amide bonds. The molecule has 1 aromatic carbocycles. The lowest BCUT2D eigenvalue weighted by atomic mass is 10.1. The molecule has 1 rings (SSSR count). The number of halogens is 1. The van der Waals surface area contributed by atoms with Crippen molar-refractivity contribution in [3.63, 3.8) is 0 Å². The molecule has 0 atom stereocenters. The first-order valence-electron chi connectivity index (χ1n) is 3.98. The van der Waals surface area contributed by atoms with Crippen molar-refractivity contribution >= 4 is 28.1 Å². The Balaban J connectivity index is 2.71. The average Bonchev–Trinajstić information content (AvgIpc) is 2.05. The van der Waals surface area contributed by atoms with E-state index < -0.39 is 0 Å². The molecule has 0 saturated carbocycles. The monoisotopic (exact) mass is 198 g/mol. The van der Waals surface area contributed by atoms with Crippen molar-refractivity contribution < 1.29 is 0 Å². The van der Waals surface area contributed by atoms with Crippen LogP contribution >= 0.6 is 23.8 Å². The molecule has 0 saturated heterocycles. The predicted octanol–water partition coefficient (Wildman–Crippen LogP) is 3.36. The Morgan fingerprint density at radius 3 is 2.17 bits per heavy atom. The number of aryl methyl sites for hydroxylation is 1. The molecule has 2 heteroatoms. The Labute approximate surface area is 83.6 Å². The number of hydrogen-bond acceptors (Lipinski definition) is 1. The Kier molecular flexibility index (Phi) is 3.70. The first kappa shape index (κ1) is 9.69. The molecule has 12 heavy (non-hydrogen) atoms. The van der Waals surface area contributed by atoms with Gasteiger partial charge in [0.1, 0.15) is 0 Å². The molecular formula is C10H11ClS. The topological polar surface area (TPSA) is 0 Å². The number of hydrogen-bond donors (Lipinski definition) is 0. The largest absolute Gasteiger partial charge is 0.0852 e. The third-order valence-electron chi connectivity index (χ3n) is 1.77. The van der Waals surface area contributed by atoms with Gasteiger partial charge in [0.25, 0.3) is 0 Å². The third kappa shape index (κ3) is 2.92. The van der Waals surface area contributed by atoms with Crippen molar-refractivity contribution in [2.24, 2.45) is 0 Å². The van der Waals surface area contributed by atoms with Crippen LogP contribution in [0.15, 0.2) is 24.3 Å². The van der Waals surface area contributed by atoms with Gasteiger partial charge in [0.05, 0.1) is 4.32 Å². The normalized spacial score (nSPS) is 9.83. The Bertz CT molecular complexity index is 264. The van der Waals surface area contributed by atoms with Gasteiger partial charge in [-0.1, -0.05) is 55.0 Å². The van der Waals surface area contributed by atoms with Crippen LogP contribution in [-0.4, -0.2) is 4.32 Å². The van der Waals surface area contributed by atoms with E-state index >= 15 is 0 Å². The zero-order valence-electron chi connectivity index (χ0n) is 7.01. The molecule has 0 spiro atoms. The van der Waals surface area contributed by atoms with E-state index in [1.165, 1.54) is 11.1 Å². The molecule has 0 fully saturated rings. The van der Waals surface area contributed by atoms with E-state index in [0.717, 1.165) is 6.42 Å². The highest BCUT2D eigenvalue weighted by Gasteiger charge is 1.95. The Morgan fingerprint density at radius 1 is 1.25 bits per heavy atom. The second-order valence-corrected chi connectivity index (χ2v) is 3.88. The van der Waals surface area contributed by atoms with E-state index in [9.17, 15) is 0 Å². The minimum Gasteiger partial charge on any atom is -0.0761 e. The van der Waals surface area contributed by atoms with Crippen LogP contribution in [0.4, 0.5) is 0 Å². The van der Waals surface area contributed by atoms with Gasteiger partial charge in [-0.25, -0.2) is 0 Å². The van der Waals surface area contributed by atoms with E-state index in [1.54, 1.807) is 0 Å². The molecule has 64 valence electrons. The highest BCUT2D eigenvalue weighted by atomic mass is 35.5.